The van der Waals surface area contributed by atoms with E-state index in [1.54, 1.807) is 30.8 Å². The fourth-order valence-corrected chi connectivity index (χ4v) is 2.03. The Kier molecular flexibility index (Phi) is 4.27. The van der Waals surface area contributed by atoms with Crippen LogP contribution in [-0.4, -0.2) is 10.8 Å². The van der Waals surface area contributed by atoms with Crippen molar-refractivity contribution in [2.45, 2.75) is 13.3 Å². The molecule has 1 radical (unpaired) electrons. The highest BCUT2D eigenvalue weighted by molar-refractivity contribution is 6.35. The normalized spacial score (nSPS) is 10.5. The average Bonchev–Trinajstić information content (AvgIpc) is 2.43. The fourth-order valence-electron chi connectivity index (χ4n) is 1.80. The van der Waals surface area contributed by atoms with Crippen molar-refractivity contribution in [3.05, 3.63) is 70.6 Å². The van der Waals surface area contributed by atoms with Gasteiger partial charge in [0.1, 0.15) is 5.82 Å². The van der Waals surface area contributed by atoms with Gasteiger partial charge in [0.2, 0.25) is 0 Å². The Morgan fingerprint density at radius 1 is 1.42 bits per heavy atom. The van der Waals surface area contributed by atoms with Gasteiger partial charge in [-0.3, -0.25) is 9.78 Å². The van der Waals surface area contributed by atoms with Crippen LogP contribution in [0.3, 0.4) is 0 Å². The highest BCUT2D eigenvalue weighted by Gasteiger charge is 2.20. The van der Waals surface area contributed by atoms with E-state index < -0.39 is 11.6 Å². The van der Waals surface area contributed by atoms with Crippen molar-refractivity contribution in [1.29, 1.82) is 0 Å². The van der Waals surface area contributed by atoms with Gasteiger partial charge in [0.25, 0.3) is 0 Å². The average molecular weight is 277 g/mol. The standard InChI is InChI=1S/C15H12ClFNO/c1-2-4-10-6-7-12(16)13(14(10)17)15(19)11-5-3-8-18-9-11/h3-9H,2H2,1H3. The van der Waals surface area contributed by atoms with Crippen LogP contribution in [0.5, 0.6) is 0 Å². The Bertz CT molecular complexity index is 599. The molecule has 0 amide bonds. The number of carbonyl (C=O) groups is 1. The van der Waals surface area contributed by atoms with Crippen LogP contribution in [0.15, 0.2) is 36.7 Å². The summed E-state index contributed by atoms with van der Waals surface area (Å²) in [7, 11) is 0. The maximum absolute atomic E-state index is 14.3. The van der Waals surface area contributed by atoms with Crippen molar-refractivity contribution in [2.24, 2.45) is 0 Å². The number of halogens is 2. The zero-order valence-corrected chi connectivity index (χ0v) is 11.1. The third-order valence-corrected chi connectivity index (χ3v) is 3.01. The minimum Gasteiger partial charge on any atom is -0.288 e. The van der Waals surface area contributed by atoms with Gasteiger partial charge in [0.15, 0.2) is 5.78 Å². The van der Waals surface area contributed by atoms with E-state index in [9.17, 15) is 9.18 Å². The third-order valence-electron chi connectivity index (χ3n) is 2.70. The molecule has 2 nitrogen and oxygen atoms in total. The zero-order chi connectivity index (χ0) is 13.8. The van der Waals surface area contributed by atoms with Crippen molar-refractivity contribution in [3.63, 3.8) is 0 Å². The number of ketones is 1. The van der Waals surface area contributed by atoms with E-state index in [2.05, 4.69) is 4.98 Å². The van der Waals surface area contributed by atoms with Gasteiger partial charge in [0.05, 0.1) is 10.6 Å². The minimum atomic E-state index is -0.580. The molecule has 0 spiro atoms. The molecule has 19 heavy (non-hydrogen) atoms. The number of nitrogens with zero attached hydrogens (tertiary/aromatic N) is 1. The summed E-state index contributed by atoms with van der Waals surface area (Å²) in [6.45, 7) is 1.90. The Labute approximate surface area is 116 Å². The quantitative estimate of drug-likeness (QED) is 0.788. The number of aromatic nitrogens is 1. The first-order valence-electron chi connectivity index (χ1n) is 5.91. The smallest absolute Gasteiger partial charge is 0.199 e. The van der Waals surface area contributed by atoms with Crippen LogP contribution in [0, 0.1) is 12.2 Å². The molecular weight excluding hydrogens is 265 g/mol. The van der Waals surface area contributed by atoms with Crippen molar-refractivity contribution in [1.82, 2.24) is 4.98 Å². The fraction of sp³-hybridized carbons (Fsp3) is 0.133. The first-order chi connectivity index (χ1) is 9.15. The zero-order valence-electron chi connectivity index (χ0n) is 10.4. The maximum atomic E-state index is 14.3. The largest absolute Gasteiger partial charge is 0.288 e. The first kappa shape index (κ1) is 13.7. The molecular formula is C15H12ClFNO. The predicted octanol–water partition coefficient (Wildman–Crippen LogP) is 4.07. The summed E-state index contributed by atoms with van der Waals surface area (Å²) in [4.78, 5) is 16.1. The molecule has 0 aliphatic heterocycles. The van der Waals surface area contributed by atoms with Crippen LogP contribution in [0.1, 0.15) is 34.8 Å². The van der Waals surface area contributed by atoms with Crippen LogP contribution in [-0.2, 0) is 0 Å². The van der Waals surface area contributed by atoms with Crippen molar-refractivity contribution in [3.8, 4) is 0 Å². The Morgan fingerprint density at radius 3 is 2.84 bits per heavy atom. The molecule has 4 heteroatoms. The van der Waals surface area contributed by atoms with E-state index in [1.807, 2.05) is 6.92 Å². The second kappa shape index (κ2) is 5.93. The summed E-state index contributed by atoms with van der Waals surface area (Å²) in [6.07, 6.45) is 5.34. The van der Waals surface area contributed by atoms with Crippen LogP contribution in [0.25, 0.3) is 0 Å². The van der Waals surface area contributed by atoms with Gasteiger partial charge in [0, 0.05) is 18.0 Å². The number of pyridine rings is 1. The number of hydrogen-bond donors (Lipinski definition) is 0. The second-order valence-electron chi connectivity index (χ2n) is 4.01. The topological polar surface area (TPSA) is 30.0 Å². The van der Waals surface area contributed by atoms with Gasteiger partial charge >= 0.3 is 0 Å². The Morgan fingerprint density at radius 2 is 2.21 bits per heavy atom. The molecule has 0 saturated heterocycles. The van der Waals surface area contributed by atoms with Gasteiger partial charge in [-0.15, -0.1) is 0 Å². The number of carbonyl (C=O) groups excluding carboxylic acids is 1. The SMILES string of the molecule is CC[CH]c1ccc(Cl)c(C(=O)c2cccnc2)c1F. The summed E-state index contributed by atoms with van der Waals surface area (Å²) in [6, 6.07) is 6.32. The summed E-state index contributed by atoms with van der Waals surface area (Å²) < 4.78 is 14.3. The van der Waals surface area contributed by atoms with Gasteiger partial charge < -0.3 is 0 Å². The molecule has 1 aromatic carbocycles. The third kappa shape index (κ3) is 2.82. The second-order valence-corrected chi connectivity index (χ2v) is 4.42. The summed E-state index contributed by atoms with van der Waals surface area (Å²) in [5.41, 5.74) is 0.605. The van der Waals surface area contributed by atoms with Crippen LogP contribution in [0.2, 0.25) is 5.02 Å². The Hall–Kier alpha value is -1.74. The lowest BCUT2D eigenvalue weighted by Crippen LogP contribution is -2.07. The van der Waals surface area contributed by atoms with E-state index in [4.69, 9.17) is 11.6 Å². The lowest BCUT2D eigenvalue weighted by atomic mass is 9.99. The molecule has 0 aliphatic carbocycles. The van der Waals surface area contributed by atoms with Crippen molar-refractivity contribution < 1.29 is 9.18 Å². The molecule has 0 bridgehead atoms. The van der Waals surface area contributed by atoms with E-state index in [1.165, 1.54) is 12.3 Å². The van der Waals surface area contributed by atoms with Crippen LogP contribution < -0.4 is 0 Å². The summed E-state index contributed by atoms with van der Waals surface area (Å²) in [5.74, 6) is -1.04. The molecule has 2 rings (SSSR count). The minimum absolute atomic E-state index is 0.100. The van der Waals surface area contributed by atoms with Gasteiger partial charge in [-0.05, 0) is 36.6 Å². The van der Waals surface area contributed by atoms with E-state index in [-0.39, 0.29) is 10.6 Å². The number of benzene rings is 1. The summed E-state index contributed by atoms with van der Waals surface area (Å²) in [5, 5.41) is 0.111. The highest BCUT2D eigenvalue weighted by Crippen LogP contribution is 2.26. The molecule has 1 heterocycles. The molecule has 2 aromatic rings. The molecule has 0 aliphatic rings. The molecule has 97 valence electrons. The molecule has 0 saturated carbocycles. The van der Waals surface area contributed by atoms with Crippen molar-refractivity contribution in [2.75, 3.05) is 0 Å². The molecule has 0 fully saturated rings. The lowest BCUT2D eigenvalue weighted by molar-refractivity contribution is 0.103. The lowest BCUT2D eigenvalue weighted by Gasteiger charge is -2.09. The molecule has 0 unspecified atom stereocenters. The first-order valence-corrected chi connectivity index (χ1v) is 6.29. The van der Waals surface area contributed by atoms with E-state index in [0.29, 0.717) is 17.5 Å². The molecule has 0 N–H and O–H groups in total. The van der Waals surface area contributed by atoms with E-state index in [0.717, 1.165) is 0 Å². The maximum Gasteiger partial charge on any atom is 0.199 e. The highest BCUT2D eigenvalue weighted by atomic mass is 35.5. The monoisotopic (exact) mass is 276 g/mol. The van der Waals surface area contributed by atoms with Crippen LogP contribution in [0.4, 0.5) is 4.39 Å². The number of rotatable bonds is 4. The summed E-state index contributed by atoms with van der Waals surface area (Å²) >= 11 is 5.95. The molecule has 1 aromatic heterocycles. The molecule has 0 atom stereocenters. The number of hydrogen-bond acceptors (Lipinski definition) is 2. The van der Waals surface area contributed by atoms with Gasteiger partial charge in [-0.1, -0.05) is 24.6 Å². The Balaban J connectivity index is 2.50. The van der Waals surface area contributed by atoms with Gasteiger partial charge in [-0.25, -0.2) is 4.39 Å². The van der Waals surface area contributed by atoms with Crippen LogP contribution >= 0.6 is 11.6 Å². The predicted molar refractivity (Wildman–Crippen MR) is 72.8 cm³/mol. The van der Waals surface area contributed by atoms with E-state index >= 15 is 0 Å². The van der Waals surface area contributed by atoms with Crippen molar-refractivity contribution >= 4 is 17.4 Å². The van der Waals surface area contributed by atoms with Gasteiger partial charge in [-0.2, -0.15) is 0 Å².